The summed E-state index contributed by atoms with van der Waals surface area (Å²) in [6.07, 6.45) is 0. The number of anilines is 1. The van der Waals surface area contributed by atoms with E-state index in [9.17, 15) is 14.7 Å². The molecule has 2 aliphatic rings. The van der Waals surface area contributed by atoms with Gasteiger partial charge in [-0.1, -0.05) is 25.2 Å². The minimum Gasteiger partial charge on any atom is -0.481 e. The predicted molar refractivity (Wildman–Crippen MR) is 82.0 cm³/mol. The van der Waals surface area contributed by atoms with Gasteiger partial charge in [-0.25, -0.2) is 0 Å². The van der Waals surface area contributed by atoms with Crippen LogP contribution in [0.25, 0.3) is 0 Å². The molecule has 0 aromatic carbocycles. The molecule has 2 aliphatic heterocycles. The van der Waals surface area contributed by atoms with Crippen LogP contribution in [0.2, 0.25) is 0 Å². The van der Waals surface area contributed by atoms with Crippen LogP contribution in [-0.4, -0.2) is 58.3 Å². The van der Waals surface area contributed by atoms with Crippen LogP contribution in [0, 0.1) is 11.3 Å². The molecular formula is C14H20N4O3S. The first-order valence-electron chi connectivity index (χ1n) is 7.41. The van der Waals surface area contributed by atoms with Crippen molar-refractivity contribution in [1.29, 1.82) is 0 Å². The normalized spacial score (nSPS) is 27.5. The van der Waals surface area contributed by atoms with Crippen LogP contribution >= 0.6 is 11.3 Å². The Hall–Kier alpha value is -1.70. The number of hydrogen-bond donors (Lipinski definition) is 1. The van der Waals surface area contributed by atoms with Crippen LogP contribution in [0.15, 0.2) is 0 Å². The highest BCUT2D eigenvalue weighted by molar-refractivity contribution is 7.15. The molecule has 1 aromatic heterocycles. The maximum atomic E-state index is 11.9. The minimum atomic E-state index is -0.880. The van der Waals surface area contributed by atoms with E-state index in [1.807, 2.05) is 4.90 Å². The summed E-state index contributed by atoms with van der Waals surface area (Å²) in [5.74, 6) is -0.618. The van der Waals surface area contributed by atoms with Gasteiger partial charge in [0.25, 0.3) is 0 Å². The number of fused-ring (bicyclic) bond motifs is 1. The maximum absolute atomic E-state index is 11.9. The zero-order chi connectivity index (χ0) is 16.1. The first kappa shape index (κ1) is 15.2. The van der Waals surface area contributed by atoms with E-state index in [0.29, 0.717) is 25.6 Å². The standard InChI is InChI=1S/C14H20N4O3S/c1-8(2)11-15-16-13(22-11)18-5-10-4-17(9(3)19)6-14(10,7-18)12(20)21/h8,10H,4-7H2,1-3H3,(H,20,21)/t10-,14-/m0/s1. The number of aliphatic carboxylic acids is 1. The summed E-state index contributed by atoms with van der Waals surface area (Å²) >= 11 is 1.52. The van der Waals surface area contributed by atoms with Crippen molar-refractivity contribution in [2.45, 2.75) is 26.7 Å². The van der Waals surface area contributed by atoms with E-state index in [1.165, 1.54) is 18.3 Å². The predicted octanol–water partition coefficient (Wildman–Crippen LogP) is 1.03. The van der Waals surface area contributed by atoms with E-state index < -0.39 is 11.4 Å². The minimum absolute atomic E-state index is 0.0553. The monoisotopic (exact) mass is 324 g/mol. The molecule has 0 saturated carbocycles. The quantitative estimate of drug-likeness (QED) is 0.894. The van der Waals surface area contributed by atoms with Crippen LogP contribution in [0.3, 0.4) is 0 Å². The largest absolute Gasteiger partial charge is 0.481 e. The summed E-state index contributed by atoms with van der Waals surface area (Å²) in [7, 11) is 0. The van der Waals surface area contributed by atoms with Crippen LogP contribution < -0.4 is 4.90 Å². The smallest absolute Gasteiger partial charge is 0.313 e. The average molecular weight is 324 g/mol. The number of carbonyl (C=O) groups is 2. The van der Waals surface area contributed by atoms with Gasteiger partial charge in [-0.05, 0) is 0 Å². The number of hydrogen-bond acceptors (Lipinski definition) is 6. The van der Waals surface area contributed by atoms with Gasteiger partial charge in [0.1, 0.15) is 10.4 Å². The van der Waals surface area contributed by atoms with Gasteiger partial charge in [-0.3, -0.25) is 9.59 Å². The van der Waals surface area contributed by atoms with Crippen molar-refractivity contribution in [2.75, 3.05) is 31.1 Å². The highest BCUT2D eigenvalue weighted by atomic mass is 32.1. The van der Waals surface area contributed by atoms with Gasteiger partial charge < -0.3 is 14.9 Å². The van der Waals surface area contributed by atoms with Crippen molar-refractivity contribution in [2.24, 2.45) is 11.3 Å². The molecular weight excluding hydrogens is 304 g/mol. The van der Waals surface area contributed by atoms with E-state index in [0.717, 1.165) is 10.1 Å². The fourth-order valence-electron chi connectivity index (χ4n) is 3.34. The Kier molecular flexibility index (Phi) is 3.58. The number of likely N-dealkylation sites (tertiary alicyclic amines) is 1. The topological polar surface area (TPSA) is 86.6 Å². The number of nitrogens with zero attached hydrogens (tertiary/aromatic N) is 4. The van der Waals surface area contributed by atoms with Gasteiger partial charge >= 0.3 is 5.97 Å². The van der Waals surface area contributed by atoms with Crippen molar-refractivity contribution < 1.29 is 14.7 Å². The Labute approximate surface area is 132 Å². The highest BCUT2D eigenvalue weighted by Crippen LogP contribution is 2.45. The Morgan fingerprint density at radius 2 is 2.05 bits per heavy atom. The second-order valence-electron chi connectivity index (χ2n) is 6.52. The fraction of sp³-hybridized carbons (Fsp3) is 0.714. The summed E-state index contributed by atoms with van der Waals surface area (Å²) < 4.78 is 0. The number of carboxylic acid groups (broad SMARTS) is 1. The molecule has 2 fully saturated rings. The van der Waals surface area contributed by atoms with Gasteiger partial charge in [0.05, 0.1) is 0 Å². The summed E-state index contributed by atoms with van der Waals surface area (Å²) in [6.45, 7) is 7.42. The Morgan fingerprint density at radius 1 is 1.32 bits per heavy atom. The molecule has 22 heavy (non-hydrogen) atoms. The molecule has 120 valence electrons. The fourth-order valence-corrected chi connectivity index (χ4v) is 4.20. The number of aromatic nitrogens is 2. The van der Waals surface area contributed by atoms with E-state index in [-0.39, 0.29) is 18.4 Å². The summed E-state index contributed by atoms with van der Waals surface area (Å²) in [5.41, 5.74) is -0.880. The van der Waals surface area contributed by atoms with Gasteiger partial charge in [-0.15, -0.1) is 10.2 Å². The first-order valence-corrected chi connectivity index (χ1v) is 8.22. The molecule has 1 N–H and O–H groups in total. The van der Waals surface area contributed by atoms with Crippen LogP contribution in [0.5, 0.6) is 0 Å². The van der Waals surface area contributed by atoms with E-state index in [2.05, 4.69) is 24.0 Å². The van der Waals surface area contributed by atoms with Gasteiger partial charge in [0.15, 0.2) is 0 Å². The van der Waals surface area contributed by atoms with Crippen molar-refractivity contribution >= 4 is 28.3 Å². The number of carbonyl (C=O) groups excluding carboxylic acids is 1. The lowest BCUT2D eigenvalue weighted by Crippen LogP contribution is -2.41. The summed E-state index contributed by atoms with van der Waals surface area (Å²) in [6, 6.07) is 0. The number of rotatable bonds is 3. The molecule has 8 heteroatoms. The molecule has 2 atom stereocenters. The molecule has 0 radical (unpaired) electrons. The van der Waals surface area contributed by atoms with Crippen molar-refractivity contribution in [3.05, 3.63) is 5.01 Å². The summed E-state index contributed by atoms with van der Waals surface area (Å²) in [4.78, 5) is 27.1. The molecule has 0 bridgehead atoms. The zero-order valence-corrected chi connectivity index (χ0v) is 13.8. The lowest BCUT2D eigenvalue weighted by Gasteiger charge is -2.24. The van der Waals surface area contributed by atoms with E-state index in [4.69, 9.17) is 0 Å². The lowest BCUT2D eigenvalue weighted by molar-refractivity contribution is -0.148. The van der Waals surface area contributed by atoms with E-state index in [1.54, 1.807) is 4.90 Å². The van der Waals surface area contributed by atoms with Crippen LogP contribution in [0.1, 0.15) is 31.7 Å². The maximum Gasteiger partial charge on any atom is 0.313 e. The Bertz CT molecular complexity index is 617. The Balaban J connectivity index is 1.83. The average Bonchev–Trinajstić information content (AvgIpc) is 3.10. The highest BCUT2D eigenvalue weighted by Gasteiger charge is 2.58. The van der Waals surface area contributed by atoms with Crippen molar-refractivity contribution in [3.63, 3.8) is 0 Å². The SMILES string of the molecule is CC(=O)N1C[C@H]2CN(c3nnc(C(C)C)s3)C[C@@]2(C(=O)O)C1. The second-order valence-corrected chi connectivity index (χ2v) is 7.50. The molecule has 0 unspecified atom stereocenters. The molecule has 1 amide bonds. The molecule has 0 aliphatic carbocycles. The number of amides is 1. The second kappa shape index (κ2) is 5.19. The van der Waals surface area contributed by atoms with Crippen molar-refractivity contribution in [3.8, 4) is 0 Å². The molecule has 2 saturated heterocycles. The molecule has 1 aromatic rings. The molecule has 0 spiro atoms. The zero-order valence-electron chi connectivity index (χ0n) is 12.9. The van der Waals surface area contributed by atoms with Gasteiger partial charge in [-0.2, -0.15) is 0 Å². The summed E-state index contributed by atoms with van der Waals surface area (Å²) in [5, 5.41) is 19.9. The van der Waals surface area contributed by atoms with Gasteiger partial charge in [0, 0.05) is 44.9 Å². The number of carboxylic acids is 1. The molecule has 3 rings (SSSR count). The third kappa shape index (κ3) is 2.25. The lowest BCUT2D eigenvalue weighted by atomic mass is 9.81. The molecule has 7 nitrogen and oxygen atoms in total. The van der Waals surface area contributed by atoms with Crippen LogP contribution in [-0.2, 0) is 9.59 Å². The van der Waals surface area contributed by atoms with Crippen molar-refractivity contribution in [1.82, 2.24) is 15.1 Å². The molecule has 3 heterocycles. The third-order valence-corrected chi connectivity index (χ3v) is 5.96. The van der Waals surface area contributed by atoms with E-state index >= 15 is 0 Å². The van der Waals surface area contributed by atoms with Gasteiger partial charge in [0.2, 0.25) is 11.0 Å². The Morgan fingerprint density at radius 3 is 2.55 bits per heavy atom. The first-order chi connectivity index (χ1) is 10.3. The van der Waals surface area contributed by atoms with Crippen LogP contribution in [0.4, 0.5) is 5.13 Å². The third-order valence-electron chi connectivity index (χ3n) is 4.67.